The molecule has 1 aliphatic heterocycles. The van der Waals surface area contributed by atoms with Crippen molar-refractivity contribution in [2.75, 3.05) is 0 Å². The first-order valence-corrected chi connectivity index (χ1v) is 12.7. The first-order valence-electron chi connectivity index (χ1n) is 12.7. The summed E-state index contributed by atoms with van der Waals surface area (Å²) in [5, 5.41) is 0. The number of ether oxygens (including phenoxy) is 1. The van der Waals surface area contributed by atoms with Crippen molar-refractivity contribution in [3.63, 3.8) is 0 Å². The Kier molecular flexibility index (Phi) is 4.39. The van der Waals surface area contributed by atoms with Crippen LogP contribution in [0.2, 0.25) is 0 Å². The molecule has 0 fully saturated rings. The monoisotopic (exact) mass is 464 g/mol. The number of hydrogen-bond donors (Lipinski definition) is 0. The summed E-state index contributed by atoms with van der Waals surface area (Å²) >= 11 is 0. The third kappa shape index (κ3) is 2.72. The molecule has 0 amide bonds. The second-order valence-corrected chi connectivity index (χ2v) is 10.7. The summed E-state index contributed by atoms with van der Waals surface area (Å²) in [6, 6.07) is 41.5. The van der Waals surface area contributed by atoms with E-state index in [1.165, 1.54) is 44.5 Å². The van der Waals surface area contributed by atoms with Gasteiger partial charge in [0.1, 0.15) is 11.5 Å². The maximum atomic E-state index is 6.78. The van der Waals surface area contributed by atoms with Crippen molar-refractivity contribution in [3.8, 4) is 33.8 Å². The SMILES string of the molecule is CC1(C)c2ccccc2-c2cccc(-c3cccc4c3Oc3ccccc3C4(C)c3ccccc3)c21. The molecule has 1 aliphatic carbocycles. The lowest BCUT2D eigenvalue weighted by atomic mass is 9.68. The van der Waals surface area contributed by atoms with E-state index in [0.717, 1.165) is 17.1 Å². The third-order valence-corrected chi connectivity index (χ3v) is 8.41. The molecule has 0 radical (unpaired) electrons. The third-order valence-electron chi connectivity index (χ3n) is 8.41. The average Bonchev–Trinajstić information content (AvgIpc) is 3.16. The predicted octanol–water partition coefficient (Wildman–Crippen LogP) is 9.12. The summed E-state index contributed by atoms with van der Waals surface area (Å²) in [7, 11) is 0. The van der Waals surface area contributed by atoms with Crippen LogP contribution in [-0.2, 0) is 10.8 Å². The van der Waals surface area contributed by atoms with Gasteiger partial charge in [-0.2, -0.15) is 0 Å². The van der Waals surface area contributed by atoms with E-state index >= 15 is 0 Å². The van der Waals surface area contributed by atoms with E-state index in [1.54, 1.807) is 0 Å². The summed E-state index contributed by atoms with van der Waals surface area (Å²) in [6.45, 7) is 7.03. The zero-order chi connectivity index (χ0) is 24.5. The van der Waals surface area contributed by atoms with Gasteiger partial charge in [0.25, 0.3) is 0 Å². The van der Waals surface area contributed by atoms with E-state index in [2.05, 4.69) is 136 Å². The highest BCUT2D eigenvalue weighted by atomic mass is 16.5. The zero-order valence-corrected chi connectivity index (χ0v) is 20.9. The molecule has 36 heavy (non-hydrogen) atoms. The van der Waals surface area contributed by atoms with Gasteiger partial charge in [0.15, 0.2) is 0 Å². The van der Waals surface area contributed by atoms with E-state index in [1.807, 2.05) is 0 Å². The van der Waals surface area contributed by atoms with E-state index in [4.69, 9.17) is 4.74 Å². The van der Waals surface area contributed by atoms with Gasteiger partial charge in [-0.3, -0.25) is 0 Å². The van der Waals surface area contributed by atoms with Crippen molar-refractivity contribution in [3.05, 3.63) is 143 Å². The summed E-state index contributed by atoms with van der Waals surface area (Å²) in [4.78, 5) is 0. The molecule has 0 bridgehead atoms. The molecule has 0 aromatic heterocycles. The zero-order valence-electron chi connectivity index (χ0n) is 20.9. The van der Waals surface area contributed by atoms with Crippen molar-refractivity contribution in [1.29, 1.82) is 0 Å². The maximum absolute atomic E-state index is 6.78. The highest BCUT2D eigenvalue weighted by molar-refractivity contribution is 5.90. The summed E-state index contributed by atoms with van der Waals surface area (Å²) < 4.78 is 6.78. The Labute approximate surface area is 213 Å². The number of hydrogen-bond acceptors (Lipinski definition) is 1. The smallest absolute Gasteiger partial charge is 0.139 e. The molecule has 1 heterocycles. The molecule has 0 spiro atoms. The lowest BCUT2D eigenvalue weighted by molar-refractivity contribution is 0.429. The molecule has 7 rings (SSSR count). The fourth-order valence-electron chi connectivity index (χ4n) is 6.63. The Balaban J connectivity index is 1.52. The molecule has 0 N–H and O–H groups in total. The topological polar surface area (TPSA) is 9.23 Å². The van der Waals surface area contributed by atoms with Crippen LogP contribution in [0.25, 0.3) is 22.3 Å². The average molecular weight is 465 g/mol. The van der Waals surface area contributed by atoms with Gasteiger partial charge in [-0.15, -0.1) is 0 Å². The van der Waals surface area contributed by atoms with Crippen molar-refractivity contribution in [2.45, 2.75) is 31.6 Å². The molecule has 1 nitrogen and oxygen atoms in total. The minimum absolute atomic E-state index is 0.0967. The number of para-hydroxylation sites is 2. The number of fused-ring (bicyclic) bond motifs is 5. The Morgan fingerprint density at radius 3 is 1.83 bits per heavy atom. The lowest BCUT2D eigenvalue weighted by Gasteiger charge is -2.39. The van der Waals surface area contributed by atoms with Crippen molar-refractivity contribution in [1.82, 2.24) is 0 Å². The Morgan fingerprint density at radius 2 is 1.03 bits per heavy atom. The Hall–Kier alpha value is -4.10. The molecule has 1 unspecified atom stereocenters. The number of rotatable bonds is 2. The van der Waals surface area contributed by atoms with Crippen molar-refractivity contribution < 1.29 is 4.74 Å². The fourth-order valence-corrected chi connectivity index (χ4v) is 6.63. The predicted molar refractivity (Wildman–Crippen MR) is 148 cm³/mol. The minimum Gasteiger partial charge on any atom is -0.456 e. The molecule has 1 heteroatoms. The van der Waals surface area contributed by atoms with Crippen LogP contribution >= 0.6 is 0 Å². The normalized spacial score (nSPS) is 18.4. The van der Waals surface area contributed by atoms with E-state index < -0.39 is 0 Å². The maximum Gasteiger partial charge on any atom is 0.139 e. The molecular formula is C35H28O. The van der Waals surface area contributed by atoms with Gasteiger partial charge in [-0.25, -0.2) is 0 Å². The van der Waals surface area contributed by atoms with Gasteiger partial charge >= 0.3 is 0 Å². The van der Waals surface area contributed by atoms with Crippen LogP contribution in [0.15, 0.2) is 115 Å². The van der Waals surface area contributed by atoms with Crippen LogP contribution in [0.4, 0.5) is 0 Å². The van der Waals surface area contributed by atoms with Crippen molar-refractivity contribution >= 4 is 0 Å². The molecule has 5 aromatic carbocycles. The summed E-state index contributed by atoms with van der Waals surface area (Å²) in [5.41, 5.74) is 11.1. The molecule has 174 valence electrons. The van der Waals surface area contributed by atoms with Gasteiger partial charge in [0, 0.05) is 27.5 Å². The second kappa shape index (κ2) is 7.45. The Morgan fingerprint density at radius 1 is 0.472 bits per heavy atom. The number of benzene rings is 5. The summed E-state index contributed by atoms with van der Waals surface area (Å²) in [6.07, 6.45) is 0. The molecule has 2 aliphatic rings. The minimum atomic E-state index is -0.322. The van der Waals surface area contributed by atoms with Crippen LogP contribution in [0.1, 0.15) is 48.6 Å². The molecule has 1 atom stereocenters. The lowest BCUT2D eigenvalue weighted by Crippen LogP contribution is -2.29. The largest absolute Gasteiger partial charge is 0.456 e. The van der Waals surface area contributed by atoms with Crippen LogP contribution < -0.4 is 4.74 Å². The Bertz CT molecular complexity index is 1640. The molecule has 0 saturated heterocycles. The van der Waals surface area contributed by atoms with Crippen molar-refractivity contribution in [2.24, 2.45) is 0 Å². The van der Waals surface area contributed by atoms with Crippen LogP contribution in [-0.4, -0.2) is 0 Å². The van der Waals surface area contributed by atoms with E-state index in [9.17, 15) is 0 Å². The first kappa shape index (κ1) is 21.2. The standard InChI is InChI=1S/C35H28O/c1-34(2)28-19-8-7-15-24(28)25-16-11-17-26(32(25)34)27-18-12-21-30-33(27)36-31-22-10-9-20-29(31)35(30,3)23-13-5-4-6-14-23/h4-22H,1-3H3. The summed E-state index contributed by atoms with van der Waals surface area (Å²) in [5.74, 6) is 1.89. The highest BCUT2D eigenvalue weighted by Gasteiger charge is 2.42. The van der Waals surface area contributed by atoms with Crippen LogP contribution in [0.3, 0.4) is 0 Å². The highest BCUT2D eigenvalue weighted by Crippen LogP contribution is 2.57. The van der Waals surface area contributed by atoms with Gasteiger partial charge in [-0.1, -0.05) is 123 Å². The molecule has 5 aromatic rings. The quantitative estimate of drug-likeness (QED) is 0.253. The van der Waals surface area contributed by atoms with E-state index in [-0.39, 0.29) is 10.8 Å². The van der Waals surface area contributed by atoms with Gasteiger partial charge in [0.05, 0.1) is 0 Å². The van der Waals surface area contributed by atoms with Gasteiger partial charge in [-0.05, 0) is 46.4 Å². The van der Waals surface area contributed by atoms with Crippen LogP contribution in [0, 0.1) is 0 Å². The fraction of sp³-hybridized carbons (Fsp3) is 0.143. The van der Waals surface area contributed by atoms with Gasteiger partial charge < -0.3 is 4.74 Å². The van der Waals surface area contributed by atoms with E-state index in [0.29, 0.717) is 0 Å². The molecular weight excluding hydrogens is 436 g/mol. The van der Waals surface area contributed by atoms with Gasteiger partial charge in [0.2, 0.25) is 0 Å². The first-order chi connectivity index (χ1) is 17.5. The second-order valence-electron chi connectivity index (χ2n) is 10.7. The molecule has 0 saturated carbocycles. The van der Waals surface area contributed by atoms with Crippen LogP contribution in [0.5, 0.6) is 11.5 Å².